The fourth-order valence-corrected chi connectivity index (χ4v) is 4.50. The molecule has 28 heavy (non-hydrogen) atoms. The summed E-state index contributed by atoms with van der Waals surface area (Å²) >= 11 is 0. The molecule has 0 saturated carbocycles. The van der Waals surface area contributed by atoms with Crippen molar-refractivity contribution in [3.63, 3.8) is 0 Å². The molecule has 0 N–H and O–H groups in total. The SMILES string of the molecule is CC[N+]1(C)CCCC1.CC[N+]1(C)CCCC1.O=S(=O)([O-])CCCCS(=O)(=O)[O-]. The lowest BCUT2D eigenvalue weighted by Gasteiger charge is -2.26. The lowest BCUT2D eigenvalue weighted by molar-refractivity contribution is -0.895. The smallest absolute Gasteiger partial charge is 0.0945 e. The molecule has 0 aromatic heterocycles. The van der Waals surface area contributed by atoms with E-state index in [-0.39, 0.29) is 12.8 Å². The molecule has 0 unspecified atom stereocenters. The second-order valence-corrected chi connectivity index (χ2v) is 11.5. The van der Waals surface area contributed by atoms with Crippen molar-refractivity contribution >= 4 is 20.2 Å². The van der Waals surface area contributed by atoms with Gasteiger partial charge in [0.15, 0.2) is 0 Å². The molecule has 0 atom stereocenters. The molecule has 0 bridgehead atoms. The Hall–Kier alpha value is -0.260. The Bertz CT molecular complexity index is 566. The highest BCUT2D eigenvalue weighted by Gasteiger charge is 2.24. The molecule has 10 heteroatoms. The molecule has 0 aromatic carbocycles. The van der Waals surface area contributed by atoms with E-state index in [9.17, 15) is 25.9 Å². The van der Waals surface area contributed by atoms with Crippen LogP contribution in [0.3, 0.4) is 0 Å². The molecule has 0 radical (unpaired) electrons. The summed E-state index contributed by atoms with van der Waals surface area (Å²) in [5, 5.41) is 0. The Morgan fingerprint density at radius 1 is 0.643 bits per heavy atom. The van der Waals surface area contributed by atoms with Gasteiger partial charge in [-0.05, 0) is 26.7 Å². The second kappa shape index (κ2) is 12.4. The zero-order valence-electron chi connectivity index (χ0n) is 18.1. The van der Waals surface area contributed by atoms with Gasteiger partial charge in [-0.2, -0.15) is 0 Å². The molecule has 2 heterocycles. The molecule has 2 rings (SSSR count). The molecule has 170 valence electrons. The normalized spacial score (nSPS) is 20.6. The molecule has 2 aliphatic heterocycles. The molecule has 8 nitrogen and oxygen atoms in total. The Kier molecular flexibility index (Phi) is 12.3. The standard InChI is InChI=1S/2C7H16N.C4H10O6S2/c2*1-3-8(2)6-4-5-7-8;5-11(6,7)3-1-2-4-12(8,9)10/h2*3-7H2,1-2H3;1-4H2,(H,5,6,7)(H,8,9,10)/q2*+1;/p-2. The summed E-state index contributed by atoms with van der Waals surface area (Å²) in [6, 6.07) is 0. The van der Waals surface area contributed by atoms with Crippen LogP contribution in [0.15, 0.2) is 0 Å². The van der Waals surface area contributed by atoms with Gasteiger partial charge in [0.25, 0.3) is 0 Å². The molecular formula is C18H40N2O6S2. The number of hydrogen-bond donors (Lipinski definition) is 0. The third-order valence-electron chi connectivity index (χ3n) is 5.86. The fourth-order valence-electron chi connectivity index (χ4n) is 3.39. The summed E-state index contributed by atoms with van der Waals surface area (Å²) in [5.74, 6) is -1.24. The van der Waals surface area contributed by atoms with Crippen molar-refractivity contribution in [1.29, 1.82) is 0 Å². The van der Waals surface area contributed by atoms with Gasteiger partial charge < -0.3 is 18.1 Å². The van der Waals surface area contributed by atoms with Gasteiger partial charge in [0.05, 0.1) is 73.6 Å². The third-order valence-corrected chi connectivity index (χ3v) is 7.43. The first-order valence-electron chi connectivity index (χ1n) is 10.3. The van der Waals surface area contributed by atoms with Crippen LogP contribution in [0, 0.1) is 0 Å². The maximum absolute atomic E-state index is 9.97. The molecule has 0 amide bonds. The van der Waals surface area contributed by atoms with Crippen molar-refractivity contribution in [2.75, 3.05) is 64.9 Å². The van der Waals surface area contributed by atoms with Crippen molar-refractivity contribution in [1.82, 2.24) is 0 Å². The van der Waals surface area contributed by atoms with Gasteiger partial charge >= 0.3 is 0 Å². The topological polar surface area (TPSA) is 114 Å². The first-order chi connectivity index (χ1) is 12.7. The molecule has 2 fully saturated rings. The van der Waals surface area contributed by atoms with Crippen molar-refractivity contribution in [2.45, 2.75) is 52.4 Å². The van der Waals surface area contributed by atoms with Gasteiger partial charge in [0.1, 0.15) is 0 Å². The van der Waals surface area contributed by atoms with Gasteiger partial charge in [0.2, 0.25) is 0 Å². The molecular weight excluding hydrogens is 404 g/mol. The highest BCUT2D eigenvalue weighted by atomic mass is 32.2. The number of nitrogens with zero attached hydrogens (tertiary/aromatic N) is 2. The van der Waals surface area contributed by atoms with Gasteiger partial charge in [-0.25, -0.2) is 16.8 Å². The molecule has 0 aromatic rings. The van der Waals surface area contributed by atoms with E-state index in [2.05, 4.69) is 27.9 Å². The zero-order chi connectivity index (χ0) is 21.9. The van der Waals surface area contributed by atoms with Crippen LogP contribution in [0.5, 0.6) is 0 Å². The van der Waals surface area contributed by atoms with Crippen LogP contribution in [0.2, 0.25) is 0 Å². The van der Waals surface area contributed by atoms with E-state index in [0.717, 1.165) is 0 Å². The Balaban J connectivity index is 0.000000402. The Morgan fingerprint density at radius 3 is 1.04 bits per heavy atom. The van der Waals surface area contributed by atoms with Crippen LogP contribution in [0.4, 0.5) is 0 Å². The van der Waals surface area contributed by atoms with E-state index in [1.165, 1.54) is 73.9 Å². The van der Waals surface area contributed by atoms with Crippen LogP contribution in [-0.2, 0) is 20.2 Å². The first kappa shape index (κ1) is 27.7. The lowest BCUT2D eigenvalue weighted by atomic mass is 10.4. The van der Waals surface area contributed by atoms with Crippen molar-refractivity contribution in [3.05, 3.63) is 0 Å². The number of likely N-dealkylation sites (tertiary alicyclic amines) is 2. The van der Waals surface area contributed by atoms with Crippen molar-refractivity contribution in [2.24, 2.45) is 0 Å². The highest BCUT2D eigenvalue weighted by molar-refractivity contribution is 7.86. The minimum atomic E-state index is -4.29. The van der Waals surface area contributed by atoms with Crippen molar-refractivity contribution in [3.8, 4) is 0 Å². The molecule has 0 spiro atoms. The number of hydrogen-bond acceptors (Lipinski definition) is 6. The number of unbranched alkanes of at least 4 members (excludes halogenated alkanes) is 1. The van der Waals surface area contributed by atoms with Crippen LogP contribution >= 0.6 is 0 Å². The Labute approximate surface area is 172 Å². The fraction of sp³-hybridized carbons (Fsp3) is 1.00. The predicted molar refractivity (Wildman–Crippen MR) is 110 cm³/mol. The van der Waals surface area contributed by atoms with E-state index in [1.54, 1.807) is 0 Å². The van der Waals surface area contributed by atoms with Crippen LogP contribution in [0.1, 0.15) is 52.4 Å². The maximum atomic E-state index is 9.97. The van der Waals surface area contributed by atoms with E-state index >= 15 is 0 Å². The van der Waals surface area contributed by atoms with Crippen LogP contribution < -0.4 is 0 Å². The average molecular weight is 445 g/mol. The molecule has 0 aliphatic carbocycles. The highest BCUT2D eigenvalue weighted by Crippen LogP contribution is 2.15. The monoisotopic (exact) mass is 444 g/mol. The quantitative estimate of drug-likeness (QED) is 0.333. The van der Waals surface area contributed by atoms with Crippen LogP contribution in [-0.4, -0.2) is 99.8 Å². The number of rotatable bonds is 7. The van der Waals surface area contributed by atoms with Gasteiger partial charge in [-0.3, -0.25) is 0 Å². The summed E-state index contributed by atoms with van der Waals surface area (Å²) in [6.07, 6.45) is 5.62. The summed E-state index contributed by atoms with van der Waals surface area (Å²) in [6.45, 7) is 12.9. The number of quaternary nitrogens is 2. The third kappa shape index (κ3) is 14.7. The van der Waals surface area contributed by atoms with Gasteiger partial charge in [-0.15, -0.1) is 0 Å². The summed E-state index contributed by atoms with van der Waals surface area (Å²) in [7, 11) is -3.87. The minimum Gasteiger partial charge on any atom is -0.748 e. The average Bonchev–Trinajstić information content (AvgIpc) is 3.21. The van der Waals surface area contributed by atoms with E-state index < -0.39 is 31.7 Å². The van der Waals surface area contributed by atoms with Gasteiger partial charge in [0, 0.05) is 37.2 Å². The van der Waals surface area contributed by atoms with E-state index in [0.29, 0.717) is 0 Å². The van der Waals surface area contributed by atoms with Crippen LogP contribution in [0.25, 0.3) is 0 Å². The Morgan fingerprint density at radius 2 is 0.893 bits per heavy atom. The molecule has 2 saturated heterocycles. The lowest BCUT2D eigenvalue weighted by Crippen LogP contribution is -2.40. The predicted octanol–water partition coefficient (Wildman–Crippen LogP) is 1.35. The summed E-state index contributed by atoms with van der Waals surface area (Å²) in [5.41, 5.74) is 0. The first-order valence-corrected chi connectivity index (χ1v) is 13.4. The van der Waals surface area contributed by atoms with E-state index in [1.807, 2.05) is 0 Å². The van der Waals surface area contributed by atoms with Crippen molar-refractivity contribution < 1.29 is 34.9 Å². The summed E-state index contributed by atoms with van der Waals surface area (Å²) in [4.78, 5) is 0. The zero-order valence-corrected chi connectivity index (χ0v) is 19.7. The second-order valence-electron chi connectivity index (χ2n) is 8.41. The summed E-state index contributed by atoms with van der Waals surface area (Å²) < 4.78 is 62.5. The van der Waals surface area contributed by atoms with E-state index in [4.69, 9.17) is 0 Å². The minimum absolute atomic E-state index is 0.0900. The molecule has 2 aliphatic rings. The largest absolute Gasteiger partial charge is 0.748 e. The maximum Gasteiger partial charge on any atom is 0.0945 e. The van der Waals surface area contributed by atoms with Gasteiger partial charge in [-0.1, -0.05) is 0 Å².